The van der Waals surface area contributed by atoms with E-state index in [1.807, 2.05) is 18.2 Å². The molecule has 1 fully saturated rings. The first-order valence-electron chi connectivity index (χ1n) is 7.39. The average molecular weight is 356 g/mol. The number of phenolic OH excluding ortho intramolecular Hbond substituents is 1. The molecule has 0 spiro atoms. The number of aromatic hydroxyl groups is 1. The molecular weight excluding hydrogens is 340 g/mol. The molecule has 1 amide bonds. The predicted molar refractivity (Wildman–Crippen MR) is 98.5 cm³/mol. The lowest BCUT2D eigenvalue weighted by Gasteiger charge is -2.03. The van der Waals surface area contributed by atoms with Gasteiger partial charge in [0.05, 0.1) is 24.8 Å². The van der Waals surface area contributed by atoms with Gasteiger partial charge >= 0.3 is 0 Å². The van der Waals surface area contributed by atoms with Gasteiger partial charge in [0.2, 0.25) is 0 Å². The lowest BCUT2D eigenvalue weighted by Crippen LogP contribution is -2.19. The lowest BCUT2D eigenvalue weighted by atomic mass is 10.2. The fourth-order valence-corrected chi connectivity index (χ4v) is 3.05. The van der Waals surface area contributed by atoms with Crippen LogP contribution in [-0.4, -0.2) is 30.4 Å². The molecule has 0 aromatic heterocycles. The number of hydrogen-bond donors (Lipinski definition) is 2. The van der Waals surface area contributed by atoms with Crippen LogP contribution in [0.3, 0.4) is 0 Å². The molecule has 0 atom stereocenters. The summed E-state index contributed by atoms with van der Waals surface area (Å²) in [4.78, 5) is 17.1. The van der Waals surface area contributed by atoms with Gasteiger partial charge in [0.25, 0.3) is 5.91 Å². The van der Waals surface area contributed by atoms with Gasteiger partial charge in [-0.1, -0.05) is 12.1 Å². The number of phenols is 1. The zero-order valence-electron chi connectivity index (χ0n) is 13.6. The predicted octanol–water partition coefficient (Wildman–Crippen LogP) is 3.30. The van der Waals surface area contributed by atoms with Gasteiger partial charge in [-0.2, -0.15) is 0 Å². The number of amidine groups is 1. The molecule has 0 unspecified atom stereocenters. The molecule has 0 bridgehead atoms. The number of nitrogens with one attached hydrogen (secondary N) is 1. The Balaban J connectivity index is 1.83. The van der Waals surface area contributed by atoms with E-state index in [0.717, 1.165) is 5.56 Å². The zero-order chi connectivity index (χ0) is 17.8. The first-order chi connectivity index (χ1) is 12.1. The number of amides is 1. The second-order valence-electron chi connectivity index (χ2n) is 5.11. The van der Waals surface area contributed by atoms with Crippen molar-refractivity contribution in [3.05, 3.63) is 52.9 Å². The molecule has 1 aliphatic rings. The van der Waals surface area contributed by atoms with Crippen molar-refractivity contribution in [3.8, 4) is 17.2 Å². The van der Waals surface area contributed by atoms with Crippen molar-refractivity contribution in [3.63, 3.8) is 0 Å². The van der Waals surface area contributed by atoms with Crippen molar-refractivity contribution in [2.75, 3.05) is 14.2 Å². The Kier molecular flexibility index (Phi) is 4.95. The standard InChI is InChI=1S/C18H16N2O4S/c1-23-13-5-3-4-12(10-13)19-18-20-17(22)16(25-18)9-11-6-7-14(21)15(8-11)24-2/h3-10,21H,1-2H3,(H,19,20,22). The number of methoxy groups -OCH3 is 2. The van der Waals surface area contributed by atoms with Crippen LogP contribution >= 0.6 is 11.8 Å². The average Bonchev–Trinajstić information content (AvgIpc) is 2.95. The number of benzene rings is 2. The SMILES string of the molecule is COc1cccc(N=C2NC(=O)C(=Cc3ccc(O)c(OC)c3)S2)c1. The molecule has 1 saturated heterocycles. The van der Waals surface area contributed by atoms with Crippen molar-refractivity contribution in [1.82, 2.24) is 5.32 Å². The van der Waals surface area contributed by atoms with Crippen LogP contribution in [0.25, 0.3) is 6.08 Å². The molecule has 3 rings (SSSR count). The quantitative estimate of drug-likeness (QED) is 0.822. The van der Waals surface area contributed by atoms with Crippen molar-refractivity contribution in [1.29, 1.82) is 0 Å². The molecule has 6 nitrogen and oxygen atoms in total. The number of rotatable bonds is 4. The molecule has 1 aliphatic heterocycles. The third kappa shape index (κ3) is 3.95. The maximum Gasteiger partial charge on any atom is 0.264 e. The summed E-state index contributed by atoms with van der Waals surface area (Å²) in [6.07, 6.45) is 1.72. The molecule has 0 saturated carbocycles. The van der Waals surface area contributed by atoms with Gasteiger partial charge in [-0.05, 0) is 47.7 Å². The number of carbonyl (C=O) groups excluding carboxylic acids is 1. The molecule has 2 aromatic carbocycles. The van der Waals surface area contributed by atoms with Gasteiger partial charge in [-0.25, -0.2) is 4.99 Å². The number of hydrogen-bond acceptors (Lipinski definition) is 6. The minimum atomic E-state index is -0.223. The van der Waals surface area contributed by atoms with E-state index in [9.17, 15) is 9.90 Å². The Morgan fingerprint density at radius 2 is 2.00 bits per heavy atom. The highest BCUT2D eigenvalue weighted by Crippen LogP contribution is 2.31. The van der Waals surface area contributed by atoms with Crippen LogP contribution in [0.15, 0.2) is 52.4 Å². The van der Waals surface area contributed by atoms with Crippen molar-refractivity contribution in [2.45, 2.75) is 0 Å². The van der Waals surface area contributed by atoms with Crippen LogP contribution in [0, 0.1) is 0 Å². The van der Waals surface area contributed by atoms with Gasteiger partial charge in [0.15, 0.2) is 16.7 Å². The summed E-state index contributed by atoms with van der Waals surface area (Å²) < 4.78 is 10.2. The molecule has 2 N–H and O–H groups in total. The van der Waals surface area contributed by atoms with E-state index < -0.39 is 0 Å². The molecule has 128 valence electrons. The number of aliphatic imine (C=N–C) groups is 1. The van der Waals surface area contributed by atoms with Crippen LogP contribution in [0.2, 0.25) is 0 Å². The molecule has 0 radical (unpaired) electrons. The van der Waals surface area contributed by atoms with Crippen molar-refractivity contribution >= 4 is 34.6 Å². The fourth-order valence-electron chi connectivity index (χ4n) is 2.21. The third-order valence-electron chi connectivity index (χ3n) is 3.44. The summed E-state index contributed by atoms with van der Waals surface area (Å²) in [6.45, 7) is 0. The van der Waals surface area contributed by atoms with Crippen LogP contribution < -0.4 is 14.8 Å². The summed E-state index contributed by atoms with van der Waals surface area (Å²) in [5.41, 5.74) is 1.43. The monoisotopic (exact) mass is 356 g/mol. The maximum absolute atomic E-state index is 12.1. The van der Waals surface area contributed by atoms with Gasteiger partial charge in [0.1, 0.15) is 5.75 Å². The van der Waals surface area contributed by atoms with Crippen molar-refractivity contribution < 1.29 is 19.4 Å². The van der Waals surface area contributed by atoms with E-state index in [2.05, 4.69) is 10.3 Å². The minimum absolute atomic E-state index is 0.0495. The van der Waals surface area contributed by atoms with E-state index >= 15 is 0 Å². The number of ether oxygens (including phenoxy) is 2. The Bertz CT molecular complexity index is 877. The molecule has 0 aliphatic carbocycles. The molecule has 2 aromatic rings. The van der Waals surface area contributed by atoms with E-state index in [1.165, 1.54) is 24.9 Å². The second kappa shape index (κ2) is 7.31. The van der Waals surface area contributed by atoms with Crippen LogP contribution in [0.4, 0.5) is 5.69 Å². The summed E-state index contributed by atoms with van der Waals surface area (Å²) in [6, 6.07) is 12.2. The fraction of sp³-hybridized carbons (Fsp3) is 0.111. The van der Waals surface area contributed by atoms with E-state index in [1.54, 1.807) is 31.4 Å². The summed E-state index contributed by atoms with van der Waals surface area (Å²) in [5.74, 6) is 0.873. The molecule has 25 heavy (non-hydrogen) atoms. The summed E-state index contributed by atoms with van der Waals surface area (Å²) in [7, 11) is 3.06. The van der Waals surface area contributed by atoms with Crippen LogP contribution in [0.1, 0.15) is 5.56 Å². The first-order valence-corrected chi connectivity index (χ1v) is 8.21. The molecule has 1 heterocycles. The summed E-state index contributed by atoms with van der Waals surface area (Å²) >= 11 is 1.25. The van der Waals surface area contributed by atoms with Gasteiger partial charge in [-0.15, -0.1) is 0 Å². The molecular formula is C18H16N2O4S. The lowest BCUT2D eigenvalue weighted by molar-refractivity contribution is -0.115. The van der Waals surface area contributed by atoms with Gasteiger partial charge in [-0.3, -0.25) is 4.79 Å². The van der Waals surface area contributed by atoms with Crippen molar-refractivity contribution in [2.24, 2.45) is 4.99 Å². The Hall–Kier alpha value is -2.93. The zero-order valence-corrected chi connectivity index (χ0v) is 14.5. The number of nitrogens with zero attached hydrogens (tertiary/aromatic N) is 1. The van der Waals surface area contributed by atoms with Crippen LogP contribution in [0.5, 0.6) is 17.2 Å². The third-order valence-corrected chi connectivity index (χ3v) is 4.35. The first kappa shape index (κ1) is 16.9. The molecule has 7 heteroatoms. The van der Waals surface area contributed by atoms with Gasteiger partial charge in [0, 0.05) is 6.07 Å². The Morgan fingerprint density at radius 1 is 1.16 bits per heavy atom. The van der Waals surface area contributed by atoms with E-state index in [4.69, 9.17) is 9.47 Å². The number of thioether (sulfide) groups is 1. The Labute approximate surface area is 149 Å². The second-order valence-corrected chi connectivity index (χ2v) is 6.15. The minimum Gasteiger partial charge on any atom is -0.504 e. The highest BCUT2D eigenvalue weighted by atomic mass is 32.2. The highest BCUT2D eigenvalue weighted by molar-refractivity contribution is 8.18. The largest absolute Gasteiger partial charge is 0.504 e. The summed E-state index contributed by atoms with van der Waals surface area (Å²) in [5, 5.41) is 12.9. The van der Waals surface area contributed by atoms with E-state index in [0.29, 0.717) is 27.3 Å². The smallest absolute Gasteiger partial charge is 0.264 e. The highest BCUT2D eigenvalue weighted by Gasteiger charge is 2.24. The number of carbonyl (C=O) groups is 1. The van der Waals surface area contributed by atoms with Crippen LogP contribution in [-0.2, 0) is 4.79 Å². The Morgan fingerprint density at radius 3 is 2.76 bits per heavy atom. The maximum atomic E-state index is 12.1. The topological polar surface area (TPSA) is 80.2 Å². The van der Waals surface area contributed by atoms with E-state index in [-0.39, 0.29) is 11.7 Å². The van der Waals surface area contributed by atoms with Gasteiger partial charge < -0.3 is 19.9 Å². The normalized spacial score (nSPS) is 17.0.